The lowest BCUT2D eigenvalue weighted by atomic mass is 9.98. The number of carboxylic acids is 1. The average Bonchev–Trinajstić information content (AvgIpc) is 2.38. The van der Waals surface area contributed by atoms with E-state index in [0.29, 0.717) is 0 Å². The highest BCUT2D eigenvalue weighted by Crippen LogP contribution is 2.29. The molecule has 0 bridgehead atoms. The van der Waals surface area contributed by atoms with Crippen LogP contribution >= 0.6 is 0 Å². The fraction of sp³-hybridized carbons (Fsp3) is 0.533. The van der Waals surface area contributed by atoms with Crippen molar-refractivity contribution in [2.75, 3.05) is 33.2 Å². The predicted octanol–water partition coefficient (Wildman–Crippen LogP) is 1.38. The fourth-order valence-corrected chi connectivity index (χ4v) is 2.74. The van der Waals surface area contributed by atoms with Crippen LogP contribution in [0.4, 0.5) is 0 Å². The Labute approximate surface area is 119 Å². The largest absolute Gasteiger partial charge is 0.507 e. The molecule has 2 rings (SSSR count). The Morgan fingerprint density at radius 1 is 1.15 bits per heavy atom. The van der Waals surface area contributed by atoms with Crippen molar-refractivity contribution in [3.8, 4) is 5.75 Å². The molecule has 2 N–H and O–H groups in total. The summed E-state index contributed by atoms with van der Waals surface area (Å²) in [5, 5.41) is 19.4. The number of benzene rings is 1. The van der Waals surface area contributed by atoms with Crippen LogP contribution in [0, 0.1) is 13.8 Å². The van der Waals surface area contributed by atoms with Crippen molar-refractivity contribution in [1.29, 1.82) is 0 Å². The number of nitrogens with zero attached hydrogens (tertiary/aromatic N) is 2. The molecule has 1 atom stereocenters. The Morgan fingerprint density at radius 2 is 1.65 bits per heavy atom. The lowest BCUT2D eigenvalue weighted by Crippen LogP contribution is -2.47. The third-order valence-corrected chi connectivity index (χ3v) is 3.97. The normalized spacial score (nSPS) is 18.9. The van der Waals surface area contributed by atoms with E-state index in [1.54, 1.807) is 26.0 Å². The second kappa shape index (κ2) is 5.81. The Balaban J connectivity index is 2.32. The van der Waals surface area contributed by atoms with E-state index in [4.69, 9.17) is 0 Å². The highest BCUT2D eigenvalue weighted by Gasteiger charge is 2.30. The van der Waals surface area contributed by atoms with E-state index < -0.39 is 12.0 Å². The molecule has 1 aliphatic heterocycles. The number of aryl methyl sites for hydroxylation is 2. The molecule has 5 heteroatoms. The van der Waals surface area contributed by atoms with Crippen molar-refractivity contribution >= 4 is 5.97 Å². The zero-order valence-corrected chi connectivity index (χ0v) is 12.3. The summed E-state index contributed by atoms with van der Waals surface area (Å²) in [6.07, 6.45) is 0. The van der Waals surface area contributed by atoms with Gasteiger partial charge < -0.3 is 15.1 Å². The number of phenols is 1. The first-order valence-corrected chi connectivity index (χ1v) is 6.85. The lowest BCUT2D eigenvalue weighted by molar-refractivity contribution is -0.144. The van der Waals surface area contributed by atoms with Crippen molar-refractivity contribution in [2.45, 2.75) is 19.9 Å². The van der Waals surface area contributed by atoms with Gasteiger partial charge in [-0.3, -0.25) is 9.69 Å². The summed E-state index contributed by atoms with van der Waals surface area (Å²) >= 11 is 0. The van der Waals surface area contributed by atoms with Gasteiger partial charge in [0, 0.05) is 26.2 Å². The summed E-state index contributed by atoms with van der Waals surface area (Å²) in [7, 11) is 2.04. The summed E-state index contributed by atoms with van der Waals surface area (Å²) in [5.41, 5.74) is 2.19. The number of piperazine rings is 1. The average molecular weight is 278 g/mol. The van der Waals surface area contributed by atoms with Crippen LogP contribution in [-0.4, -0.2) is 59.2 Å². The topological polar surface area (TPSA) is 64.0 Å². The molecule has 1 aromatic carbocycles. The molecule has 5 nitrogen and oxygen atoms in total. The minimum Gasteiger partial charge on any atom is -0.507 e. The molecule has 1 fully saturated rings. The first-order chi connectivity index (χ1) is 9.40. The van der Waals surface area contributed by atoms with Gasteiger partial charge in [-0.05, 0) is 37.6 Å². The van der Waals surface area contributed by atoms with E-state index in [9.17, 15) is 15.0 Å². The SMILES string of the molecule is Cc1cc(C(C(=O)O)N2CCN(C)CC2)cc(C)c1O. The van der Waals surface area contributed by atoms with Crippen LogP contribution in [0.15, 0.2) is 12.1 Å². The molecule has 0 aliphatic carbocycles. The number of phenolic OH excluding ortho intramolecular Hbond substituents is 1. The number of carboxylic acid groups (broad SMARTS) is 1. The highest BCUT2D eigenvalue weighted by molar-refractivity contribution is 5.76. The van der Waals surface area contributed by atoms with Gasteiger partial charge in [-0.25, -0.2) is 0 Å². The monoisotopic (exact) mass is 278 g/mol. The molecule has 1 aromatic rings. The quantitative estimate of drug-likeness (QED) is 0.874. The van der Waals surface area contributed by atoms with Gasteiger partial charge in [0.2, 0.25) is 0 Å². The zero-order valence-electron chi connectivity index (χ0n) is 12.3. The van der Waals surface area contributed by atoms with Gasteiger partial charge in [-0.1, -0.05) is 12.1 Å². The van der Waals surface area contributed by atoms with Crippen LogP contribution in [0.25, 0.3) is 0 Å². The van der Waals surface area contributed by atoms with Crippen molar-refractivity contribution in [3.63, 3.8) is 0 Å². The summed E-state index contributed by atoms with van der Waals surface area (Å²) in [5.74, 6) is -0.588. The molecule has 1 unspecified atom stereocenters. The first-order valence-electron chi connectivity index (χ1n) is 6.85. The Hall–Kier alpha value is -1.59. The maximum absolute atomic E-state index is 11.7. The second-order valence-electron chi connectivity index (χ2n) is 5.58. The van der Waals surface area contributed by atoms with E-state index in [1.165, 1.54) is 0 Å². The van der Waals surface area contributed by atoms with Crippen LogP contribution in [0.1, 0.15) is 22.7 Å². The van der Waals surface area contributed by atoms with E-state index in [1.807, 2.05) is 11.9 Å². The lowest BCUT2D eigenvalue weighted by Gasteiger charge is -2.36. The van der Waals surface area contributed by atoms with Crippen molar-refractivity contribution in [1.82, 2.24) is 9.80 Å². The molecular weight excluding hydrogens is 256 g/mol. The van der Waals surface area contributed by atoms with Crippen molar-refractivity contribution in [3.05, 3.63) is 28.8 Å². The van der Waals surface area contributed by atoms with Gasteiger partial charge in [0.05, 0.1) is 0 Å². The van der Waals surface area contributed by atoms with Gasteiger partial charge in [0.25, 0.3) is 0 Å². The molecule has 1 aliphatic rings. The Morgan fingerprint density at radius 3 is 2.10 bits per heavy atom. The van der Waals surface area contributed by atoms with Crippen molar-refractivity contribution in [2.24, 2.45) is 0 Å². The van der Waals surface area contributed by atoms with E-state index >= 15 is 0 Å². The van der Waals surface area contributed by atoms with Crippen LogP contribution in [0.2, 0.25) is 0 Å². The fourth-order valence-electron chi connectivity index (χ4n) is 2.74. The molecule has 20 heavy (non-hydrogen) atoms. The molecule has 0 spiro atoms. The smallest absolute Gasteiger partial charge is 0.325 e. The van der Waals surface area contributed by atoms with Gasteiger partial charge >= 0.3 is 5.97 Å². The van der Waals surface area contributed by atoms with E-state index in [-0.39, 0.29) is 5.75 Å². The summed E-state index contributed by atoms with van der Waals surface area (Å²) < 4.78 is 0. The van der Waals surface area contributed by atoms with Crippen LogP contribution in [-0.2, 0) is 4.79 Å². The molecule has 1 heterocycles. The zero-order chi connectivity index (χ0) is 14.9. The number of hydrogen-bond acceptors (Lipinski definition) is 4. The Bertz CT molecular complexity index is 485. The number of likely N-dealkylation sites (N-methyl/N-ethyl adjacent to an activating group) is 1. The minimum atomic E-state index is -0.834. The number of rotatable bonds is 3. The van der Waals surface area contributed by atoms with Gasteiger partial charge in [-0.15, -0.1) is 0 Å². The molecular formula is C15H22N2O3. The molecule has 110 valence electrons. The van der Waals surface area contributed by atoms with Crippen LogP contribution in [0.5, 0.6) is 5.75 Å². The van der Waals surface area contributed by atoms with Crippen LogP contribution in [0.3, 0.4) is 0 Å². The van der Waals surface area contributed by atoms with E-state index in [2.05, 4.69) is 4.90 Å². The third-order valence-electron chi connectivity index (χ3n) is 3.97. The predicted molar refractivity (Wildman–Crippen MR) is 77.0 cm³/mol. The highest BCUT2D eigenvalue weighted by atomic mass is 16.4. The maximum atomic E-state index is 11.7. The number of hydrogen-bond donors (Lipinski definition) is 2. The van der Waals surface area contributed by atoms with Crippen LogP contribution < -0.4 is 0 Å². The number of aliphatic carboxylic acids is 1. The van der Waals surface area contributed by atoms with Gasteiger partial charge in [0.1, 0.15) is 11.8 Å². The summed E-state index contributed by atoms with van der Waals surface area (Å²) in [4.78, 5) is 15.9. The van der Waals surface area contributed by atoms with E-state index in [0.717, 1.165) is 42.9 Å². The minimum absolute atomic E-state index is 0.247. The third kappa shape index (κ3) is 2.94. The molecule has 0 aromatic heterocycles. The number of carbonyl (C=O) groups is 1. The number of aromatic hydroxyl groups is 1. The molecule has 0 saturated carbocycles. The van der Waals surface area contributed by atoms with Gasteiger partial charge in [-0.2, -0.15) is 0 Å². The van der Waals surface area contributed by atoms with Gasteiger partial charge in [0.15, 0.2) is 0 Å². The van der Waals surface area contributed by atoms with Crippen molar-refractivity contribution < 1.29 is 15.0 Å². The molecule has 1 saturated heterocycles. The summed E-state index contributed by atoms with van der Waals surface area (Å²) in [6.45, 7) is 6.84. The second-order valence-corrected chi connectivity index (χ2v) is 5.58. The maximum Gasteiger partial charge on any atom is 0.325 e. The molecule has 0 radical (unpaired) electrons. The standard InChI is InChI=1S/C15H22N2O3/c1-10-8-12(9-11(2)14(10)18)13(15(19)20)17-6-4-16(3)5-7-17/h8-9,13,18H,4-7H2,1-3H3,(H,19,20). The Kier molecular flexibility index (Phi) is 4.30. The molecule has 0 amide bonds. The summed E-state index contributed by atoms with van der Waals surface area (Å²) in [6, 6.07) is 2.92. The first kappa shape index (κ1) is 14.8.